The Hall–Kier alpha value is -2.34. The molecule has 178 valence electrons. The van der Waals surface area contributed by atoms with Gasteiger partial charge in [-0.05, 0) is 61.4 Å². The minimum Gasteiger partial charge on any atom is -0.379 e. The summed E-state index contributed by atoms with van der Waals surface area (Å²) in [4.78, 5) is 14.6. The smallest absolute Gasteiger partial charge is 0.253 e. The predicted octanol–water partition coefficient (Wildman–Crippen LogP) is 1.93. The van der Waals surface area contributed by atoms with Gasteiger partial charge >= 0.3 is 0 Å². The van der Waals surface area contributed by atoms with E-state index in [9.17, 15) is 26.0 Å². The van der Waals surface area contributed by atoms with Gasteiger partial charge in [0.1, 0.15) is 5.82 Å². The summed E-state index contributed by atoms with van der Waals surface area (Å²) in [7, 11) is -7.25. The van der Waals surface area contributed by atoms with Gasteiger partial charge in [-0.25, -0.2) is 21.2 Å². The highest BCUT2D eigenvalue weighted by molar-refractivity contribution is 7.92. The minimum absolute atomic E-state index is 0.0748. The van der Waals surface area contributed by atoms with E-state index in [0.29, 0.717) is 31.9 Å². The van der Waals surface area contributed by atoms with Crippen molar-refractivity contribution in [1.82, 2.24) is 9.21 Å². The van der Waals surface area contributed by atoms with E-state index in [4.69, 9.17) is 4.74 Å². The SMILES string of the molecule is O=C(c1ccc(S(=O)(=O)N2CCOCC2)cc1)N1CCC(S(=O)(=O)c2ccc(F)cc2)CC1. The first kappa shape index (κ1) is 23.8. The molecule has 2 aliphatic rings. The zero-order chi connectivity index (χ0) is 23.6. The molecule has 8 nitrogen and oxygen atoms in total. The summed E-state index contributed by atoms with van der Waals surface area (Å²) in [6, 6.07) is 10.6. The van der Waals surface area contributed by atoms with Crippen LogP contribution in [0.5, 0.6) is 0 Å². The van der Waals surface area contributed by atoms with Crippen molar-refractivity contribution in [3.63, 3.8) is 0 Å². The van der Waals surface area contributed by atoms with Crippen molar-refractivity contribution >= 4 is 25.8 Å². The maximum Gasteiger partial charge on any atom is 0.253 e. The van der Waals surface area contributed by atoms with Gasteiger partial charge in [0.05, 0.1) is 28.3 Å². The Morgan fingerprint density at radius 2 is 1.36 bits per heavy atom. The summed E-state index contributed by atoms with van der Waals surface area (Å²) in [5.74, 6) is -0.777. The number of halogens is 1. The van der Waals surface area contributed by atoms with Crippen molar-refractivity contribution in [3.8, 4) is 0 Å². The Morgan fingerprint density at radius 3 is 1.94 bits per heavy atom. The van der Waals surface area contributed by atoms with Gasteiger partial charge in [0.2, 0.25) is 10.0 Å². The van der Waals surface area contributed by atoms with Gasteiger partial charge < -0.3 is 9.64 Å². The van der Waals surface area contributed by atoms with Gasteiger partial charge in [0, 0.05) is 31.7 Å². The standard InChI is InChI=1S/C22H25FN2O6S2/c23-18-3-7-19(8-4-18)32(27,28)20-9-11-24(12-10-20)22(26)17-1-5-21(6-2-17)33(29,30)25-13-15-31-16-14-25/h1-8,20H,9-16H2. The fourth-order valence-electron chi connectivity index (χ4n) is 4.07. The van der Waals surface area contributed by atoms with Gasteiger partial charge in [0.15, 0.2) is 9.84 Å². The Labute approximate surface area is 192 Å². The van der Waals surface area contributed by atoms with E-state index >= 15 is 0 Å². The van der Waals surface area contributed by atoms with Crippen LogP contribution in [0.3, 0.4) is 0 Å². The monoisotopic (exact) mass is 496 g/mol. The minimum atomic E-state index is -3.64. The lowest BCUT2D eigenvalue weighted by Gasteiger charge is -2.32. The average Bonchev–Trinajstić information content (AvgIpc) is 2.84. The second-order valence-corrected chi connectivity index (χ2v) is 12.2. The molecule has 2 fully saturated rings. The van der Waals surface area contributed by atoms with Crippen LogP contribution in [0.25, 0.3) is 0 Å². The largest absolute Gasteiger partial charge is 0.379 e. The summed E-state index contributed by atoms with van der Waals surface area (Å²) < 4.78 is 70.8. The molecule has 0 N–H and O–H groups in total. The molecule has 2 saturated heterocycles. The van der Waals surface area contributed by atoms with E-state index in [1.165, 1.54) is 40.7 Å². The molecule has 0 saturated carbocycles. The van der Waals surface area contributed by atoms with Crippen LogP contribution in [0.1, 0.15) is 23.2 Å². The maximum absolute atomic E-state index is 13.1. The summed E-state index contributed by atoms with van der Waals surface area (Å²) in [5, 5.41) is -0.645. The van der Waals surface area contributed by atoms with Crippen molar-refractivity contribution in [1.29, 1.82) is 0 Å². The maximum atomic E-state index is 13.1. The molecule has 11 heteroatoms. The molecule has 33 heavy (non-hydrogen) atoms. The van der Waals surface area contributed by atoms with Crippen LogP contribution >= 0.6 is 0 Å². The zero-order valence-electron chi connectivity index (χ0n) is 17.9. The fourth-order valence-corrected chi connectivity index (χ4v) is 7.21. The van der Waals surface area contributed by atoms with Crippen LogP contribution in [-0.4, -0.2) is 76.6 Å². The van der Waals surface area contributed by atoms with Gasteiger partial charge in [-0.2, -0.15) is 4.31 Å². The number of piperidine rings is 1. The first-order valence-corrected chi connectivity index (χ1v) is 13.6. The Morgan fingerprint density at radius 1 is 0.818 bits per heavy atom. The lowest BCUT2D eigenvalue weighted by Crippen LogP contribution is -2.42. The highest BCUT2D eigenvalue weighted by Crippen LogP contribution is 2.26. The van der Waals surface area contributed by atoms with Crippen molar-refractivity contribution in [2.75, 3.05) is 39.4 Å². The number of likely N-dealkylation sites (tertiary alicyclic amines) is 1. The van der Waals surface area contributed by atoms with Gasteiger partial charge in [-0.15, -0.1) is 0 Å². The number of sulfonamides is 1. The van der Waals surface area contributed by atoms with E-state index in [-0.39, 0.29) is 41.6 Å². The van der Waals surface area contributed by atoms with Crippen LogP contribution in [0, 0.1) is 5.82 Å². The summed E-state index contributed by atoms with van der Waals surface area (Å²) in [6.45, 7) is 1.80. The number of benzene rings is 2. The second kappa shape index (κ2) is 9.49. The van der Waals surface area contributed by atoms with E-state index in [0.717, 1.165) is 12.1 Å². The van der Waals surface area contributed by atoms with Crippen molar-refractivity contribution < 1.29 is 30.8 Å². The Bertz CT molecular complexity index is 1200. The molecule has 0 unspecified atom stereocenters. The third-order valence-corrected chi connectivity index (χ3v) is 10.2. The first-order valence-electron chi connectivity index (χ1n) is 10.7. The number of morpholine rings is 1. The van der Waals surface area contributed by atoms with E-state index in [2.05, 4.69) is 0 Å². The van der Waals surface area contributed by atoms with Crippen molar-refractivity contribution in [3.05, 3.63) is 59.9 Å². The third kappa shape index (κ3) is 4.96. The van der Waals surface area contributed by atoms with Crippen LogP contribution < -0.4 is 0 Å². The normalized spacial score (nSPS) is 18.9. The van der Waals surface area contributed by atoms with Gasteiger partial charge in [-0.3, -0.25) is 4.79 Å². The number of hydrogen-bond acceptors (Lipinski definition) is 6. The number of amides is 1. The van der Waals surface area contributed by atoms with Crippen molar-refractivity contribution in [2.24, 2.45) is 0 Å². The van der Waals surface area contributed by atoms with E-state index in [1.54, 1.807) is 4.90 Å². The first-order chi connectivity index (χ1) is 15.7. The number of ether oxygens (including phenoxy) is 1. The topological polar surface area (TPSA) is 101 Å². The van der Waals surface area contributed by atoms with Crippen LogP contribution in [0.2, 0.25) is 0 Å². The van der Waals surface area contributed by atoms with E-state index < -0.39 is 30.9 Å². The highest BCUT2D eigenvalue weighted by atomic mass is 32.2. The van der Waals surface area contributed by atoms with Crippen LogP contribution in [0.4, 0.5) is 4.39 Å². The summed E-state index contributed by atoms with van der Waals surface area (Å²) in [6.07, 6.45) is 0.546. The van der Waals surface area contributed by atoms with Crippen LogP contribution in [0.15, 0.2) is 58.3 Å². The number of carbonyl (C=O) groups is 1. The Kier molecular flexibility index (Phi) is 6.85. The molecule has 0 atom stereocenters. The summed E-state index contributed by atoms with van der Waals surface area (Å²) >= 11 is 0. The molecule has 0 aliphatic carbocycles. The Balaban J connectivity index is 1.40. The molecule has 0 radical (unpaired) electrons. The van der Waals surface area contributed by atoms with Gasteiger partial charge in [0.25, 0.3) is 5.91 Å². The molecule has 2 aliphatic heterocycles. The highest BCUT2D eigenvalue weighted by Gasteiger charge is 2.33. The molecular formula is C22H25FN2O6S2. The third-order valence-electron chi connectivity index (χ3n) is 6.02. The molecule has 0 bridgehead atoms. The lowest BCUT2D eigenvalue weighted by atomic mass is 10.1. The fraction of sp³-hybridized carbons (Fsp3) is 0.409. The second-order valence-electron chi connectivity index (χ2n) is 8.03. The predicted molar refractivity (Wildman–Crippen MR) is 119 cm³/mol. The summed E-state index contributed by atoms with van der Waals surface area (Å²) in [5.41, 5.74) is 0.343. The number of carbonyl (C=O) groups excluding carboxylic acids is 1. The molecule has 2 aromatic rings. The quantitative estimate of drug-likeness (QED) is 0.587. The number of hydrogen-bond donors (Lipinski definition) is 0. The number of nitrogens with zero attached hydrogens (tertiary/aromatic N) is 2. The molecule has 0 aromatic heterocycles. The molecule has 2 aromatic carbocycles. The number of rotatable bonds is 5. The average molecular weight is 497 g/mol. The molecule has 1 amide bonds. The van der Waals surface area contributed by atoms with E-state index in [1.807, 2.05) is 0 Å². The zero-order valence-corrected chi connectivity index (χ0v) is 19.5. The molecule has 4 rings (SSSR count). The van der Waals surface area contributed by atoms with Gasteiger partial charge in [-0.1, -0.05) is 0 Å². The molecule has 2 heterocycles. The number of sulfone groups is 1. The van der Waals surface area contributed by atoms with Crippen LogP contribution in [-0.2, 0) is 24.6 Å². The molecular weight excluding hydrogens is 471 g/mol. The lowest BCUT2D eigenvalue weighted by molar-refractivity contribution is 0.0725. The molecule has 0 spiro atoms. The van der Waals surface area contributed by atoms with Crippen molar-refractivity contribution in [2.45, 2.75) is 27.9 Å².